The minimum Gasteiger partial charge on any atom is -0.459 e. The summed E-state index contributed by atoms with van der Waals surface area (Å²) >= 11 is 0. The van der Waals surface area contributed by atoms with Crippen molar-refractivity contribution in [1.29, 1.82) is 0 Å². The summed E-state index contributed by atoms with van der Waals surface area (Å²) in [7, 11) is 0. The fourth-order valence-corrected chi connectivity index (χ4v) is 6.01. The van der Waals surface area contributed by atoms with Crippen LogP contribution in [0.25, 0.3) is 11.6 Å². The number of amides is 2. The first-order valence-corrected chi connectivity index (χ1v) is 13.6. The Morgan fingerprint density at radius 3 is 2.61 bits per heavy atom. The number of aliphatic hydroxyl groups excluding tert-OH is 3. The molecule has 38 heavy (non-hydrogen) atoms. The van der Waals surface area contributed by atoms with Crippen LogP contribution in [0.2, 0.25) is 0 Å². The van der Waals surface area contributed by atoms with Crippen LogP contribution < -0.4 is 0 Å². The zero-order valence-corrected chi connectivity index (χ0v) is 22.2. The number of carbonyl (C=O) groups excluding carboxylic acids is 2. The molecule has 8 heteroatoms. The summed E-state index contributed by atoms with van der Waals surface area (Å²) < 4.78 is 5.66. The van der Waals surface area contributed by atoms with Crippen molar-refractivity contribution in [3.8, 4) is 0 Å². The summed E-state index contributed by atoms with van der Waals surface area (Å²) in [5, 5.41) is 31.3. The van der Waals surface area contributed by atoms with Gasteiger partial charge in [0, 0.05) is 18.7 Å². The minimum absolute atomic E-state index is 0.150. The van der Waals surface area contributed by atoms with E-state index in [1.165, 1.54) is 4.90 Å². The van der Waals surface area contributed by atoms with Crippen molar-refractivity contribution in [1.82, 2.24) is 9.88 Å². The predicted molar refractivity (Wildman–Crippen MR) is 143 cm³/mol. The molecule has 204 valence electrons. The summed E-state index contributed by atoms with van der Waals surface area (Å²) in [6, 6.07) is 9.11. The van der Waals surface area contributed by atoms with E-state index in [4.69, 9.17) is 4.42 Å². The molecule has 1 aliphatic heterocycles. The number of carbonyl (C=O) groups is 2. The Bertz CT molecular complexity index is 1180. The first-order chi connectivity index (χ1) is 18.4. The highest BCUT2D eigenvalue weighted by molar-refractivity contribution is 6.05. The van der Waals surface area contributed by atoms with Gasteiger partial charge in [0.05, 0.1) is 30.2 Å². The Labute approximate surface area is 223 Å². The maximum atomic E-state index is 13.3. The summed E-state index contributed by atoms with van der Waals surface area (Å²) in [6.07, 6.45) is 6.19. The second-order valence-electron chi connectivity index (χ2n) is 10.2. The highest BCUT2D eigenvalue weighted by Crippen LogP contribution is 2.47. The molecule has 0 bridgehead atoms. The van der Waals surface area contributed by atoms with Crippen LogP contribution in [0.15, 0.2) is 52.1 Å². The van der Waals surface area contributed by atoms with Gasteiger partial charge in [-0.2, -0.15) is 0 Å². The molecule has 0 aromatic carbocycles. The van der Waals surface area contributed by atoms with Crippen molar-refractivity contribution in [2.24, 2.45) is 17.8 Å². The number of imide groups is 1. The average molecular weight is 523 g/mol. The number of pyridine rings is 1. The van der Waals surface area contributed by atoms with Crippen LogP contribution in [0.3, 0.4) is 0 Å². The van der Waals surface area contributed by atoms with Gasteiger partial charge in [-0.3, -0.25) is 19.5 Å². The Balaban J connectivity index is 1.62. The van der Waals surface area contributed by atoms with Crippen molar-refractivity contribution >= 4 is 23.5 Å². The molecule has 0 saturated carbocycles. The zero-order chi connectivity index (χ0) is 27.2. The van der Waals surface area contributed by atoms with E-state index in [1.807, 2.05) is 38.1 Å². The summed E-state index contributed by atoms with van der Waals surface area (Å²) in [6.45, 7) is 3.88. The molecule has 2 aromatic heterocycles. The van der Waals surface area contributed by atoms with Gasteiger partial charge in [0.25, 0.3) is 0 Å². The molecule has 1 saturated heterocycles. The van der Waals surface area contributed by atoms with E-state index in [2.05, 4.69) is 4.98 Å². The van der Waals surface area contributed by atoms with E-state index in [0.29, 0.717) is 50.2 Å². The molecule has 4 rings (SSSR count). The van der Waals surface area contributed by atoms with Crippen molar-refractivity contribution in [3.63, 3.8) is 0 Å². The molecular weight excluding hydrogens is 484 g/mol. The van der Waals surface area contributed by atoms with E-state index >= 15 is 0 Å². The SMILES string of the molecule is CCCC1=C([C@H](O)CC/C(=C/c2ccc(CO)o2)c2ccccn2)[C@H](CO)[C@@H]2C(=O)N(CCC)C(=O)[C@@H]2C1. The second-order valence-corrected chi connectivity index (χ2v) is 10.2. The molecular formula is C30H38N2O6. The monoisotopic (exact) mass is 522 g/mol. The Morgan fingerprint density at radius 1 is 1.16 bits per heavy atom. The Morgan fingerprint density at radius 2 is 1.97 bits per heavy atom. The van der Waals surface area contributed by atoms with Crippen LogP contribution >= 0.6 is 0 Å². The van der Waals surface area contributed by atoms with Crippen molar-refractivity contribution in [3.05, 3.63) is 64.9 Å². The molecule has 1 fully saturated rings. The van der Waals surface area contributed by atoms with E-state index in [9.17, 15) is 24.9 Å². The third-order valence-corrected chi connectivity index (χ3v) is 7.67. The lowest BCUT2D eigenvalue weighted by Gasteiger charge is -2.36. The van der Waals surface area contributed by atoms with Gasteiger partial charge in [0.15, 0.2) is 0 Å². The quantitative estimate of drug-likeness (QED) is 0.285. The van der Waals surface area contributed by atoms with Crippen LogP contribution in [0.1, 0.15) is 69.6 Å². The number of fused-ring (bicyclic) bond motifs is 1. The molecule has 0 radical (unpaired) electrons. The number of rotatable bonds is 12. The van der Waals surface area contributed by atoms with Gasteiger partial charge in [-0.1, -0.05) is 31.9 Å². The standard InChI is InChI=1S/C30H38N2O6/c1-3-7-20-16-23-28(30(37)32(14-4-2)29(23)36)24(18-34)27(20)26(35)12-9-19(25-8-5-6-13-31-25)15-21-10-11-22(17-33)38-21/h5-6,8,10-11,13,15,23-24,26,28,33-35H,3-4,7,9,12,14,16-18H2,1-2H3/b19-15-/t23-,24+,26-,28-/m1/s1. The van der Waals surface area contributed by atoms with Crippen LogP contribution in [0.4, 0.5) is 0 Å². The summed E-state index contributed by atoms with van der Waals surface area (Å²) in [5.74, 6) is -1.02. The molecule has 1 aliphatic carbocycles. The van der Waals surface area contributed by atoms with E-state index in [1.54, 1.807) is 18.3 Å². The normalized spacial score (nSPS) is 22.8. The van der Waals surface area contributed by atoms with Gasteiger partial charge in [0.1, 0.15) is 18.1 Å². The van der Waals surface area contributed by atoms with E-state index in [-0.39, 0.29) is 25.0 Å². The number of aromatic nitrogens is 1. The smallest absolute Gasteiger partial charge is 0.233 e. The lowest BCUT2D eigenvalue weighted by Crippen LogP contribution is -2.39. The fraction of sp³-hybridized carbons (Fsp3) is 0.500. The van der Waals surface area contributed by atoms with Gasteiger partial charge in [-0.05, 0) is 73.6 Å². The van der Waals surface area contributed by atoms with Crippen molar-refractivity contribution in [2.75, 3.05) is 13.2 Å². The Kier molecular flexibility index (Phi) is 9.31. The molecule has 8 nitrogen and oxygen atoms in total. The fourth-order valence-electron chi connectivity index (χ4n) is 6.01. The maximum Gasteiger partial charge on any atom is 0.233 e. The third kappa shape index (κ3) is 5.67. The first-order valence-electron chi connectivity index (χ1n) is 13.6. The van der Waals surface area contributed by atoms with Gasteiger partial charge in [-0.15, -0.1) is 0 Å². The third-order valence-electron chi connectivity index (χ3n) is 7.67. The molecule has 0 unspecified atom stereocenters. The lowest BCUT2D eigenvalue weighted by molar-refractivity contribution is -0.140. The van der Waals surface area contributed by atoms with Crippen LogP contribution in [0.5, 0.6) is 0 Å². The van der Waals surface area contributed by atoms with Gasteiger partial charge < -0.3 is 19.7 Å². The molecule has 0 spiro atoms. The predicted octanol–water partition coefficient (Wildman–Crippen LogP) is 3.97. The highest BCUT2D eigenvalue weighted by atomic mass is 16.4. The molecule has 4 atom stereocenters. The van der Waals surface area contributed by atoms with Crippen LogP contribution in [0, 0.1) is 17.8 Å². The topological polar surface area (TPSA) is 124 Å². The number of allylic oxidation sites excluding steroid dienone is 2. The second kappa shape index (κ2) is 12.7. The number of hydrogen-bond acceptors (Lipinski definition) is 7. The molecule has 2 amide bonds. The lowest BCUT2D eigenvalue weighted by atomic mass is 9.67. The van der Waals surface area contributed by atoms with Crippen LogP contribution in [-0.4, -0.2) is 56.3 Å². The van der Waals surface area contributed by atoms with Crippen LogP contribution in [-0.2, 0) is 16.2 Å². The van der Waals surface area contributed by atoms with E-state index in [0.717, 1.165) is 28.8 Å². The number of aliphatic hydroxyl groups is 3. The molecule has 3 N–H and O–H groups in total. The first kappa shape index (κ1) is 28.0. The van der Waals surface area contributed by atoms with Gasteiger partial charge in [-0.25, -0.2) is 0 Å². The summed E-state index contributed by atoms with van der Waals surface area (Å²) in [4.78, 5) is 32.2. The largest absolute Gasteiger partial charge is 0.459 e. The average Bonchev–Trinajstić information content (AvgIpc) is 3.49. The minimum atomic E-state index is -0.880. The maximum absolute atomic E-state index is 13.3. The molecule has 3 heterocycles. The Hall–Kier alpha value is -3.07. The number of likely N-dealkylation sites (tertiary alicyclic amines) is 1. The van der Waals surface area contributed by atoms with Gasteiger partial charge >= 0.3 is 0 Å². The number of nitrogens with zero attached hydrogens (tertiary/aromatic N) is 2. The van der Waals surface area contributed by atoms with E-state index < -0.39 is 23.9 Å². The highest BCUT2D eigenvalue weighted by Gasteiger charge is 2.54. The zero-order valence-electron chi connectivity index (χ0n) is 22.2. The number of hydrogen-bond donors (Lipinski definition) is 3. The van der Waals surface area contributed by atoms with Crippen molar-refractivity contribution in [2.45, 2.75) is 65.1 Å². The van der Waals surface area contributed by atoms with Crippen molar-refractivity contribution < 1.29 is 29.3 Å². The number of furan rings is 1. The van der Waals surface area contributed by atoms with Gasteiger partial charge in [0.2, 0.25) is 11.8 Å². The molecule has 2 aliphatic rings. The molecule has 2 aromatic rings. The summed E-state index contributed by atoms with van der Waals surface area (Å²) in [5.41, 5.74) is 3.31.